The first kappa shape index (κ1) is 9.75. The minimum Gasteiger partial charge on any atom is -0.326 e. The van der Waals surface area contributed by atoms with E-state index in [1.807, 2.05) is 6.08 Å². The minimum atomic E-state index is 0.145. The van der Waals surface area contributed by atoms with Gasteiger partial charge in [-0.25, -0.2) is 0 Å². The summed E-state index contributed by atoms with van der Waals surface area (Å²) in [6, 6.07) is 0.311. The number of hydrogen-bond donors (Lipinski definition) is 1. The highest BCUT2D eigenvalue weighted by atomic mass is 15.2. The first-order valence-corrected chi connectivity index (χ1v) is 4.70. The second-order valence-electron chi connectivity index (χ2n) is 4.14. The molecule has 1 aliphatic rings. The fraction of sp³-hybridized carbons (Fsp3) is 0.800. The summed E-state index contributed by atoms with van der Waals surface area (Å²) < 4.78 is 0. The lowest BCUT2D eigenvalue weighted by Gasteiger charge is -2.46. The van der Waals surface area contributed by atoms with Crippen LogP contribution >= 0.6 is 0 Å². The van der Waals surface area contributed by atoms with Gasteiger partial charge in [-0.15, -0.1) is 6.58 Å². The largest absolute Gasteiger partial charge is 0.326 e. The lowest BCUT2D eigenvalue weighted by Crippen LogP contribution is -2.59. The van der Waals surface area contributed by atoms with E-state index in [4.69, 9.17) is 5.73 Å². The third kappa shape index (κ3) is 1.70. The molecule has 12 heavy (non-hydrogen) atoms. The fourth-order valence-corrected chi connectivity index (χ4v) is 1.86. The molecule has 1 heterocycles. The Labute approximate surface area is 75.4 Å². The van der Waals surface area contributed by atoms with E-state index in [1.165, 1.54) is 6.42 Å². The Hall–Kier alpha value is -0.340. The van der Waals surface area contributed by atoms with Crippen LogP contribution in [0, 0.1) is 0 Å². The molecule has 1 rings (SSSR count). The molecule has 70 valence electrons. The van der Waals surface area contributed by atoms with E-state index in [9.17, 15) is 0 Å². The Morgan fingerprint density at radius 2 is 2.33 bits per heavy atom. The zero-order valence-electron chi connectivity index (χ0n) is 8.21. The molecular weight excluding hydrogens is 148 g/mol. The molecule has 0 aromatic carbocycles. The highest BCUT2D eigenvalue weighted by molar-refractivity contribution is 4.97. The van der Waals surface area contributed by atoms with Crippen molar-refractivity contribution in [3.05, 3.63) is 12.7 Å². The molecule has 0 aromatic heterocycles. The highest BCUT2D eigenvalue weighted by Crippen LogP contribution is 2.25. The van der Waals surface area contributed by atoms with Crippen LogP contribution in [-0.4, -0.2) is 29.6 Å². The van der Waals surface area contributed by atoms with Gasteiger partial charge in [0.25, 0.3) is 0 Å². The number of nitrogens with two attached hydrogens (primary N) is 1. The van der Waals surface area contributed by atoms with Crippen LogP contribution in [0.4, 0.5) is 0 Å². The Balaban J connectivity index is 2.65. The van der Waals surface area contributed by atoms with Gasteiger partial charge in [-0.05, 0) is 33.2 Å². The van der Waals surface area contributed by atoms with Gasteiger partial charge in [0.15, 0.2) is 0 Å². The molecule has 0 aromatic rings. The van der Waals surface area contributed by atoms with Crippen LogP contribution in [0.1, 0.15) is 26.7 Å². The molecule has 2 heteroatoms. The van der Waals surface area contributed by atoms with E-state index in [-0.39, 0.29) is 5.54 Å². The molecule has 2 nitrogen and oxygen atoms in total. The lowest BCUT2D eigenvalue weighted by molar-refractivity contribution is 0.0697. The van der Waals surface area contributed by atoms with Crippen molar-refractivity contribution in [2.45, 2.75) is 38.3 Å². The van der Waals surface area contributed by atoms with Crippen molar-refractivity contribution in [1.82, 2.24) is 4.90 Å². The van der Waals surface area contributed by atoms with Crippen LogP contribution in [0.2, 0.25) is 0 Å². The number of rotatable bonds is 2. The Kier molecular flexibility index (Phi) is 2.91. The number of hydrogen-bond acceptors (Lipinski definition) is 2. The van der Waals surface area contributed by atoms with E-state index < -0.39 is 0 Å². The van der Waals surface area contributed by atoms with Gasteiger partial charge in [-0.3, -0.25) is 4.90 Å². The summed E-state index contributed by atoms with van der Waals surface area (Å²) in [5.74, 6) is 0. The summed E-state index contributed by atoms with van der Waals surface area (Å²) in [5.41, 5.74) is 6.20. The lowest BCUT2D eigenvalue weighted by atomic mass is 9.85. The maximum atomic E-state index is 6.06. The molecule has 1 saturated heterocycles. The second-order valence-corrected chi connectivity index (χ2v) is 4.14. The Bertz CT molecular complexity index is 163. The van der Waals surface area contributed by atoms with Gasteiger partial charge in [-0.2, -0.15) is 0 Å². The first-order valence-electron chi connectivity index (χ1n) is 4.70. The van der Waals surface area contributed by atoms with Crippen LogP contribution in [0.25, 0.3) is 0 Å². The minimum absolute atomic E-state index is 0.145. The van der Waals surface area contributed by atoms with Crippen LogP contribution in [-0.2, 0) is 0 Å². The Morgan fingerprint density at radius 3 is 2.92 bits per heavy atom. The summed E-state index contributed by atoms with van der Waals surface area (Å²) in [6.07, 6.45) is 4.33. The molecule has 0 aliphatic carbocycles. The van der Waals surface area contributed by atoms with Gasteiger partial charge >= 0.3 is 0 Å². The smallest absolute Gasteiger partial charge is 0.0307 e. The Morgan fingerprint density at radius 1 is 1.67 bits per heavy atom. The van der Waals surface area contributed by atoms with Crippen molar-refractivity contribution in [1.29, 1.82) is 0 Å². The normalized spacial score (nSPS) is 30.1. The molecule has 1 atom stereocenters. The molecule has 2 N–H and O–H groups in total. The zero-order chi connectivity index (χ0) is 9.19. The number of nitrogens with zero attached hydrogens (tertiary/aromatic N) is 1. The van der Waals surface area contributed by atoms with Gasteiger partial charge in [0.2, 0.25) is 0 Å². The predicted molar refractivity (Wildman–Crippen MR) is 53.1 cm³/mol. The van der Waals surface area contributed by atoms with Gasteiger partial charge in [0.05, 0.1) is 0 Å². The van der Waals surface area contributed by atoms with Gasteiger partial charge in [-0.1, -0.05) is 6.08 Å². The molecular formula is C10H20N2. The SMILES string of the molecule is C=CCN1CCCC(N)C1(C)C. The third-order valence-electron chi connectivity index (χ3n) is 3.02. The van der Waals surface area contributed by atoms with E-state index in [0.717, 1.165) is 19.5 Å². The highest BCUT2D eigenvalue weighted by Gasteiger charge is 2.35. The van der Waals surface area contributed by atoms with E-state index in [1.54, 1.807) is 0 Å². The van der Waals surface area contributed by atoms with Crippen molar-refractivity contribution in [2.24, 2.45) is 5.73 Å². The summed E-state index contributed by atoms with van der Waals surface area (Å²) >= 11 is 0. The number of piperidine rings is 1. The maximum absolute atomic E-state index is 6.06. The average molecular weight is 168 g/mol. The molecule has 0 bridgehead atoms. The van der Waals surface area contributed by atoms with E-state index in [0.29, 0.717) is 6.04 Å². The number of likely N-dealkylation sites (tertiary alicyclic amines) is 1. The van der Waals surface area contributed by atoms with Crippen molar-refractivity contribution in [3.63, 3.8) is 0 Å². The molecule has 1 fully saturated rings. The maximum Gasteiger partial charge on any atom is 0.0307 e. The molecule has 1 aliphatic heterocycles. The van der Waals surface area contributed by atoms with Crippen LogP contribution in [0.15, 0.2) is 12.7 Å². The molecule has 0 saturated carbocycles. The molecule has 0 radical (unpaired) electrons. The second kappa shape index (κ2) is 3.58. The van der Waals surface area contributed by atoms with Gasteiger partial charge < -0.3 is 5.73 Å². The van der Waals surface area contributed by atoms with Crippen molar-refractivity contribution in [2.75, 3.05) is 13.1 Å². The fourth-order valence-electron chi connectivity index (χ4n) is 1.86. The van der Waals surface area contributed by atoms with Crippen LogP contribution in [0.5, 0.6) is 0 Å². The average Bonchev–Trinajstić information content (AvgIpc) is 2.00. The topological polar surface area (TPSA) is 29.3 Å². The van der Waals surface area contributed by atoms with Crippen molar-refractivity contribution < 1.29 is 0 Å². The standard InChI is InChI=1S/C10H20N2/c1-4-7-12-8-5-6-9(11)10(12,2)3/h4,9H,1,5-8,11H2,2-3H3. The third-order valence-corrected chi connectivity index (χ3v) is 3.02. The summed E-state index contributed by atoms with van der Waals surface area (Å²) in [5, 5.41) is 0. The predicted octanol–water partition coefficient (Wildman–Crippen LogP) is 1.37. The van der Waals surface area contributed by atoms with Crippen molar-refractivity contribution >= 4 is 0 Å². The van der Waals surface area contributed by atoms with Crippen LogP contribution in [0.3, 0.4) is 0 Å². The molecule has 1 unspecified atom stereocenters. The zero-order valence-corrected chi connectivity index (χ0v) is 8.21. The summed E-state index contributed by atoms with van der Waals surface area (Å²) in [7, 11) is 0. The van der Waals surface area contributed by atoms with E-state index >= 15 is 0 Å². The van der Waals surface area contributed by atoms with Crippen LogP contribution < -0.4 is 5.73 Å². The van der Waals surface area contributed by atoms with Crippen molar-refractivity contribution in [3.8, 4) is 0 Å². The van der Waals surface area contributed by atoms with E-state index in [2.05, 4.69) is 25.3 Å². The molecule has 0 spiro atoms. The monoisotopic (exact) mass is 168 g/mol. The summed E-state index contributed by atoms with van der Waals surface area (Å²) in [6.45, 7) is 10.3. The molecule has 0 amide bonds. The quantitative estimate of drug-likeness (QED) is 0.631. The summed E-state index contributed by atoms with van der Waals surface area (Å²) in [4.78, 5) is 2.41. The van der Waals surface area contributed by atoms with Gasteiger partial charge in [0, 0.05) is 18.1 Å². The first-order chi connectivity index (χ1) is 5.59. The van der Waals surface area contributed by atoms with Gasteiger partial charge in [0.1, 0.15) is 0 Å².